The number of hydrogen-bond donors (Lipinski definition) is 1. The van der Waals surface area contributed by atoms with Crippen LogP contribution in [0, 0.1) is 6.92 Å². The molecule has 2 saturated heterocycles. The van der Waals surface area contributed by atoms with E-state index in [9.17, 15) is 0 Å². The lowest BCUT2D eigenvalue weighted by atomic mass is 10.1. The number of aryl methyl sites for hydroxylation is 1. The van der Waals surface area contributed by atoms with Gasteiger partial charge in [0.05, 0.1) is 24.9 Å². The smallest absolute Gasteiger partial charge is 0.246 e. The van der Waals surface area contributed by atoms with Crippen LogP contribution < -0.4 is 10.2 Å². The molecule has 0 unspecified atom stereocenters. The first kappa shape index (κ1) is 18.1. The summed E-state index contributed by atoms with van der Waals surface area (Å²) in [4.78, 5) is 9.43. The minimum Gasteiger partial charge on any atom is -0.378 e. The molecule has 2 aliphatic heterocycles. The fraction of sp³-hybridized carbons (Fsp3) is 0.364. The van der Waals surface area contributed by atoms with Crippen LogP contribution in [0.2, 0.25) is 0 Å². The Kier molecular flexibility index (Phi) is 4.91. The summed E-state index contributed by atoms with van der Waals surface area (Å²) in [6.45, 7) is 8.18. The van der Waals surface area contributed by atoms with E-state index >= 15 is 0 Å². The van der Waals surface area contributed by atoms with Crippen molar-refractivity contribution >= 4 is 17.3 Å². The molecular formula is C22H26N6O. The van der Waals surface area contributed by atoms with Gasteiger partial charge in [0.2, 0.25) is 5.95 Å². The van der Waals surface area contributed by atoms with Crippen LogP contribution in [0.5, 0.6) is 0 Å². The minimum atomic E-state index is 0.597. The van der Waals surface area contributed by atoms with Crippen molar-refractivity contribution in [2.45, 2.75) is 13.0 Å². The van der Waals surface area contributed by atoms with Crippen molar-refractivity contribution in [1.29, 1.82) is 0 Å². The largest absolute Gasteiger partial charge is 0.378 e. The number of rotatable bonds is 5. The van der Waals surface area contributed by atoms with Crippen molar-refractivity contribution in [1.82, 2.24) is 19.7 Å². The highest BCUT2D eigenvalue weighted by molar-refractivity contribution is 5.64. The highest BCUT2D eigenvalue weighted by Crippen LogP contribution is 2.26. The molecule has 2 aliphatic rings. The fourth-order valence-electron chi connectivity index (χ4n) is 3.95. The number of piperazine rings is 1. The van der Waals surface area contributed by atoms with E-state index in [0.29, 0.717) is 12.0 Å². The maximum absolute atomic E-state index is 5.34. The zero-order chi connectivity index (χ0) is 19.6. The van der Waals surface area contributed by atoms with Crippen molar-refractivity contribution in [3.05, 3.63) is 60.4 Å². The van der Waals surface area contributed by atoms with Gasteiger partial charge in [-0.1, -0.05) is 18.2 Å². The molecule has 1 N–H and O–H groups in total. The van der Waals surface area contributed by atoms with Gasteiger partial charge < -0.3 is 15.0 Å². The standard InChI is InChI=1S/C22H26N6O/c1-17-11-18(24-22-23-16-28(25-22)19-5-3-2-4-6-19)13-20(12-17)26-7-9-27(10-8-26)21-14-29-15-21/h2-6,11-13,16,21H,7-10,14-15H2,1H3,(H,24,25). The van der Waals surface area contributed by atoms with Crippen molar-refractivity contribution in [2.75, 3.05) is 49.6 Å². The predicted molar refractivity (Wildman–Crippen MR) is 114 cm³/mol. The number of anilines is 3. The Hall–Kier alpha value is -2.90. The lowest BCUT2D eigenvalue weighted by molar-refractivity contribution is -0.0660. The number of hydrogen-bond acceptors (Lipinski definition) is 6. The van der Waals surface area contributed by atoms with E-state index in [1.807, 2.05) is 30.3 Å². The second-order valence-electron chi connectivity index (χ2n) is 7.74. The van der Waals surface area contributed by atoms with E-state index in [1.54, 1.807) is 11.0 Å². The molecule has 3 aromatic rings. The second-order valence-corrected chi connectivity index (χ2v) is 7.74. The van der Waals surface area contributed by atoms with Gasteiger partial charge in [-0.25, -0.2) is 4.68 Å². The molecule has 7 heteroatoms. The molecule has 1 aromatic heterocycles. The van der Waals surface area contributed by atoms with Crippen LogP contribution in [0.25, 0.3) is 5.69 Å². The highest BCUT2D eigenvalue weighted by Gasteiger charge is 2.29. The van der Waals surface area contributed by atoms with Crippen LogP contribution >= 0.6 is 0 Å². The average Bonchev–Trinajstić information content (AvgIpc) is 3.16. The van der Waals surface area contributed by atoms with Gasteiger partial charge in [0, 0.05) is 37.6 Å². The van der Waals surface area contributed by atoms with Crippen molar-refractivity contribution < 1.29 is 4.74 Å². The number of ether oxygens (including phenoxy) is 1. The Labute approximate surface area is 170 Å². The van der Waals surface area contributed by atoms with Crippen LogP contribution in [-0.2, 0) is 4.74 Å². The maximum Gasteiger partial charge on any atom is 0.246 e. The number of para-hydroxylation sites is 1. The third kappa shape index (κ3) is 3.97. The molecule has 2 fully saturated rings. The molecule has 2 aromatic carbocycles. The van der Waals surface area contributed by atoms with E-state index in [4.69, 9.17) is 4.74 Å². The van der Waals surface area contributed by atoms with Crippen LogP contribution in [0.3, 0.4) is 0 Å². The van der Waals surface area contributed by atoms with E-state index in [2.05, 4.69) is 50.3 Å². The topological polar surface area (TPSA) is 58.5 Å². The normalized spacial score (nSPS) is 17.9. The quantitative estimate of drug-likeness (QED) is 0.723. The first-order valence-electron chi connectivity index (χ1n) is 10.2. The predicted octanol–water partition coefficient (Wildman–Crippen LogP) is 2.84. The molecule has 3 heterocycles. The van der Waals surface area contributed by atoms with Crippen molar-refractivity contribution in [3.8, 4) is 5.69 Å². The first-order valence-corrected chi connectivity index (χ1v) is 10.2. The first-order chi connectivity index (χ1) is 14.2. The van der Waals surface area contributed by atoms with Gasteiger partial charge in [-0.15, -0.1) is 5.10 Å². The van der Waals surface area contributed by atoms with Gasteiger partial charge in [-0.05, 0) is 42.8 Å². The highest BCUT2D eigenvalue weighted by atomic mass is 16.5. The van der Waals surface area contributed by atoms with Crippen LogP contribution in [-0.4, -0.2) is 65.1 Å². The molecule has 0 bridgehead atoms. The summed E-state index contributed by atoms with van der Waals surface area (Å²) in [6, 6.07) is 17.2. The van der Waals surface area contributed by atoms with E-state index < -0.39 is 0 Å². The average molecular weight is 390 g/mol. The number of aromatic nitrogens is 3. The van der Waals surface area contributed by atoms with Gasteiger partial charge in [-0.3, -0.25) is 4.90 Å². The van der Waals surface area contributed by atoms with Gasteiger partial charge in [-0.2, -0.15) is 4.98 Å². The molecule has 0 radical (unpaired) electrons. The number of nitrogens with zero attached hydrogens (tertiary/aromatic N) is 5. The summed E-state index contributed by atoms with van der Waals surface area (Å²) in [7, 11) is 0. The Morgan fingerprint density at radius 3 is 2.48 bits per heavy atom. The minimum absolute atomic E-state index is 0.597. The van der Waals surface area contributed by atoms with Crippen molar-refractivity contribution in [3.63, 3.8) is 0 Å². The van der Waals surface area contributed by atoms with E-state index in [-0.39, 0.29) is 0 Å². The third-order valence-electron chi connectivity index (χ3n) is 5.65. The molecule has 150 valence electrons. The Bertz CT molecular complexity index is 960. The number of benzene rings is 2. The Morgan fingerprint density at radius 2 is 1.76 bits per heavy atom. The molecule has 0 saturated carbocycles. The van der Waals surface area contributed by atoms with Crippen LogP contribution in [0.1, 0.15) is 5.56 Å². The molecule has 0 atom stereocenters. The van der Waals surface area contributed by atoms with Crippen molar-refractivity contribution in [2.24, 2.45) is 0 Å². The Balaban J connectivity index is 1.28. The summed E-state index contributed by atoms with van der Waals surface area (Å²) in [5.41, 5.74) is 4.48. The summed E-state index contributed by atoms with van der Waals surface area (Å²) >= 11 is 0. The van der Waals surface area contributed by atoms with Crippen LogP contribution in [0.4, 0.5) is 17.3 Å². The Morgan fingerprint density at radius 1 is 0.966 bits per heavy atom. The number of nitrogens with one attached hydrogen (secondary N) is 1. The maximum atomic E-state index is 5.34. The van der Waals surface area contributed by atoms with Crippen LogP contribution in [0.15, 0.2) is 54.9 Å². The molecule has 0 aliphatic carbocycles. The molecule has 29 heavy (non-hydrogen) atoms. The summed E-state index contributed by atoms with van der Waals surface area (Å²) in [5, 5.41) is 7.92. The SMILES string of the molecule is Cc1cc(Nc2ncn(-c3ccccc3)n2)cc(N2CCN(C3COC3)CC2)c1. The summed E-state index contributed by atoms with van der Waals surface area (Å²) in [6.07, 6.45) is 1.73. The zero-order valence-corrected chi connectivity index (χ0v) is 16.7. The molecule has 0 amide bonds. The van der Waals surface area contributed by atoms with Gasteiger partial charge in [0.15, 0.2) is 0 Å². The van der Waals surface area contributed by atoms with Gasteiger partial charge in [0.25, 0.3) is 0 Å². The molecule has 5 rings (SSSR count). The molecule has 7 nitrogen and oxygen atoms in total. The fourth-order valence-corrected chi connectivity index (χ4v) is 3.95. The van der Waals surface area contributed by atoms with E-state index in [0.717, 1.165) is 50.8 Å². The second kappa shape index (κ2) is 7.85. The lowest BCUT2D eigenvalue weighted by Gasteiger charge is -2.43. The zero-order valence-electron chi connectivity index (χ0n) is 16.7. The third-order valence-corrected chi connectivity index (χ3v) is 5.65. The summed E-state index contributed by atoms with van der Waals surface area (Å²) in [5.74, 6) is 0.597. The van der Waals surface area contributed by atoms with E-state index in [1.165, 1.54) is 11.3 Å². The molecule has 0 spiro atoms. The summed E-state index contributed by atoms with van der Waals surface area (Å²) < 4.78 is 7.12. The lowest BCUT2D eigenvalue weighted by Crippen LogP contribution is -2.56. The van der Waals surface area contributed by atoms with Gasteiger partial charge >= 0.3 is 0 Å². The van der Waals surface area contributed by atoms with Gasteiger partial charge in [0.1, 0.15) is 6.33 Å². The monoisotopic (exact) mass is 390 g/mol. The molecular weight excluding hydrogens is 364 g/mol.